The first-order chi connectivity index (χ1) is 13.9. The summed E-state index contributed by atoms with van der Waals surface area (Å²) in [5.41, 5.74) is -1.73. The number of thiophene rings is 2. The van der Waals surface area contributed by atoms with E-state index >= 15 is 0 Å². The molecule has 29 heavy (non-hydrogen) atoms. The Kier molecular flexibility index (Phi) is 5.85. The topological polar surface area (TPSA) is 46.5 Å². The van der Waals surface area contributed by atoms with Gasteiger partial charge in [0.1, 0.15) is 13.1 Å². The van der Waals surface area contributed by atoms with Gasteiger partial charge in [-0.2, -0.15) is 0 Å². The van der Waals surface area contributed by atoms with Crippen molar-refractivity contribution in [2.75, 3.05) is 26.2 Å². The zero-order chi connectivity index (χ0) is 20.5. The first-order valence-corrected chi connectivity index (χ1v) is 12.0. The number of nitrogens with zero attached hydrogens (tertiary/aromatic N) is 1. The lowest BCUT2D eigenvalue weighted by molar-refractivity contribution is -0.939. The summed E-state index contributed by atoms with van der Waals surface area (Å²) in [5.74, 6) is 6.84. The second-order valence-corrected chi connectivity index (χ2v) is 10.4. The highest BCUT2D eigenvalue weighted by Gasteiger charge is 2.51. The van der Waals surface area contributed by atoms with Gasteiger partial charge in [0.2, 0.25) is 5.60 Å². The third kappa shape index (κ3) is 4.02. The Morgan fingerprint density at radius 1 is 1.24 bits per heavy atom. The third-order valence-electron chi connectivity index (χ3n) is 6.16. The molecule has 0 radical (unpaired) electrons. The van der Waals surface area contributed by atoms with E-state index in [4.69, 9.17) is 4.74 Å². The van der Waals surface area contributed by atoms with Crippen LogP contribution in [0.15, 0.2) is 35.0 Å². The lowest BCUT2D eigenvalue weighted by Gasteiger charge is -2.51. The van der Waals surface area contributed by atoms with E-state index in [1.807, 2.05) is 22.9 Å². The maximum absolute atomic E-state index is 13.3. The van der Waals surface area contributed by atoms with Gasteiger partial charge in [-0.3, -0.25) is 0 Å². The Labute approximate surface area is 180 Å². The fraction of sp³-hybridized carbons (Fsp3) is 0.522. The van der Waals surface area contributed by atoms with E-state index in [-0.39, 0.29) is 6.10 Å². The molecule has 0 aromatic carbocycles. The van der Waals surface area contributed by atoms with Gasteiger partial charge in [-0.15, -0.1) is 22.7 Å². The van der Waals surface area contributed by atoms with Crippen LogP contribution in [0.3, 0.4) is 0 Å². The summed E-state index contributed by atoms with van der Waals surface area (Å²) in [6.45, 7) is 8.04. The highest BCUT2D eigenvalue weighted by atomic mass is 32.1. The van der Waals surface area contributed by atoms with E-state index in [0.717, 1.165) is 43.5 Å². The van der Waals surface area contributed by atoms with Gasteiger partial charge >= 0.3 is 5.97 Å². The maximum Gasteiger partial charge on any atom is 0.349 e. The third-order valence-corrected chi connectivity index (χ3v) is 8.11. The summed E-state index contributed by atoms with van der Waals surface area (Å²) in [5, 5.41) is 15.2. The summed E-state index contributed by atoms with van der Waals surface area (Å²) < 4.78 is 6.96. The number of hydrogen-bond donors (Lipinski definition) is 1. The van der Waals surface area contributed by atoms with Crippen LogP contribution in [0.25, 0.3) is 0 Å². The fourth-order valence-electron chi connectivity index (χ4n) is 4.51. The van der Waals surface area contributed by atoms with Crippen molar-refractivity contribution in [2.24, 2.45) is 11.8 Å². The molecule has 0 saturated carbocycles. The predicted octanol–water partition coefficient (Wildman–Crippen LogP) is 3.86. The van der Waals surface area contributed by atoms with Crippen LogP contribution in [0.5, 0.6) is 0 Å². The molecule has 0 spiro atoms. The Bertz CT molecular complexity index is 850. The molecule has 0 amide bonds. The smallest absolute Gasteiger partial charge is 0.349 e. The number of carbonyl (C=O) groups excluding carboxylic acids is 1. The van der Waals surface area contributed by atoms with E-state index in [1.165, 1.54) is 22.7 Å². The highest BCUT2D eigenvalue weighted by Crippen LogP contribution is 2.40. The zero-order valence-electron chi connectivity index (χ0n) is 17.0. The number of rotatable bonds is 5. The van der Waals surface area contributed by atoms with Gasteiger partial charge < -0.3 is 14.3 Å². The van der Waals surface area contributed by atoms with Crippen LogP contribution in [-0.4, -0.2) is 47.8 Å². The summed E-state index contributed by atoms with van der Waals surface area (Å²) in [6.07, 6.45) is 1.95. The van der Waals surface area contributed by atoms with Crippen molar-refractivity contribution in [1.29, 1.82) is 0 Å². The van der Waals surface area contributed by atoms with Crippen molar-refractivity contribution < 1.29 is 19.1 Å². The van der Waals surface area contributed by atoms with E-state index in [9.17, 15) is 9.90 Å². The second kappa shape index (κ2) is 8.23. The van der Waals surface area contributed by atoms with Gasteiger partial charge in [-0.05, 0) is 28.8 Å². The van der Waals surface area contributed by atoms with Crippen molar-refractivity contribution >= 4 is 28.6 Å². The van der Waals surface area contributed by atoms with Gasteiger partial charge in [0.25, 0.3) is 0 Å². The monoisotopic (exact) mass is 430 g/mol. The molecule has 3 aliphatic rings. The average Bonchev–Trinajstić information content (AvgIpc) is 3.42. The number of piperidine rings is 3. The van der Waals surface area contributed by atoms with Gasteiger partial charge in [0.05, 0.1) is 22.8 Å². The predicted molar refractivity (Wildman–Crippen MR) is 117 cm³/mol. The van der Waals surface area contributed by atoms with Gasteiger partial charge in [0, 0.05) is 24.7 Å². The highest BCUT2D eigenvalue weighted by molar-refractivity contribution is 7.12. The maximum atomic E-state index is 13.3. The van der Waals surface area contributed by atoms with Gasteiger partial charge in [-0.25, -0.2) is 4.79 Å². The molecule has 3 aliphatic heterocycles. The van der Waals surface area contributed by atoms with E-state index in [2.05, 4.69) is 25.7 Å². The Morgan fingerprint density at radius 3 is 2.38 bits per heavy atom. The lowest BCUT2D eigenvalue weighted by Crippen LogP contribution is -2.65. The summed E-state index contributed by atoms with van der Waals surface area (Å²) >= 11 is 2.76. The molecule has 1 N–H and O–H groups in total. The molecule has 5 heterocycles. The van der Waals surface area contributed by atoms with Crippen molar-refractivity contribution in [3.8, 4) is 11.8 Å². The molecule has 3 fully saturated rings. The van der Waals surface area contributed by atoms with Gasteiger partial charge in [0.15, 0.2) is 6.10 Å². The molecule has 6 heteroatoms. The van der Waals surface area contributed by atoms with Crippen LogP contribution in [-0.2, 0) is 15.1 Å². The quantitative estimate of drug-likeness (QED) is 0.445. The number of ether oxygens (including phenoxy) is 1. The van der Waals surface area contributed by atoms with Crippen LogP contribution in [0, 0.1) is 23.7 Å². The number of hydrogen-bond acceptors (Lipinski definition) is 5. The summed E-state index contributed by atoms with van der Waals surface area (Å²) in [7, 11) is 0. The van der Waals surface area contributed by atoms with Crippen molar-refractivity contribution in [3.63, 3.8) is 0 Å². The zero-order valence-corrected chi connectivity index (χ0v) is 18.6. The number of esters is 1. The van der Waals surface area contributed by atoms with Crippen LogP contribution in [0.4, 0.5) is 0 Å². The molecule has 154 valence electrons. The summed E-state index contributed by atoms with van der Waals surface area (Å²) in [4.78, 5) is 14.5. The molecule has 2 bridgehead atoms. The molecule has 0 unspecified atom stereocenters. The van der Waals surface area contributed by atoms with Crippen LogP contribution in [0.1, 0.15) is 36.4 Å². The van der Waals surface area contributed by atoms with Crippen molar-refractivity contribution in [3.05, 3.63) is 44.8 Å². The van der Waals surface area contributed by atoms with Gasteiger partial charge in [-0.1, -0.05) is 31.9 Å². The van der Waals surface area contributed by atoms with E-state index in [0.29, 0.717) is 21.6 Å². The van der Waals surface area contributed by atoms with E-state index < -0.39 is 11.6 Å². The molecular weight excluding hydrogens is 402 g/mol. The molecule has 2 aromatic heterocycles. The van der Waals surface area contributed by atoms with Crippen LogP contribution >= 0.6 is 22.7 Å². The largest absolute Gasteiger partial charge is 0.453 e. The first-order valence-electron chi connectivity index (χ1n) is 10.3. The minimum atomic E-state index is -1.73. The molecule has 0 aliphatic carbocycles. The van der Waals surface area contributed by atoms with Crippen molar-refractivity contribution in [2.45, 2.75) is 38.4 Å². The van der Waals surface area contributed by atoms with E-state index in [1.54, 1.807) is 12.1 Å². The number of fused-ring (bicyclic) bond motifs is 3. The second-order valence-electron chi connectivity index (χ2n) is 8.55. The molecule has 2 aromatic rings. The van der Waals surface area contributed by atoms with Crippen LogP contribution < -0.4 is 0 Å². The Morgan fingerprint density at radius 2 is 1.86 bits per heavy atom. The lowest BCUT2D eigenvalue weighted by atomic mass is 9.83. The van der Waals surface area contributed by atoms with Crippen LogP contribution in [0.2, 0.25) is 0 Å². The average molecular weight is 431 g/mol. The molecule has 5 rings (SSSR count). The molecule has 3 saturated heterocycles. The number of quaternary nitrogens is 1. The summed E-state index contributed by atoms with van der Waals surface area (Å²) in [6, 6.07) is 7.32. The SMILES string of the molecule is CC(C)C#CC[N+]12CCC(CC1)[C@@H](OC(=O)C(O)(c1cccs1)c1cccs1)C2. The Balaban J connectivity index is 1.54. The minimum Gasteiger partial charge on any atom is -0.453 e. The standard InChI is InChI=1S/C23H28NO3S2/c1-17(2)6-3-11-24-12-9-18(10-13-24)19(16-24)27-22(25)23(26,20-7-4-14-28-20)21-8-5-15-29-21/h4-5,7-8,14-15,17-19,26H,9-13,16H2,1-2H3/q+1/t18?,19-,24?/m0/s1. The fourth-order valence-corrected chi connectivity index (χ4v) is 6.22. The Hall–Kier alpha value is -1.65. The number of carbonyl (C=O) groups is 1. The first kappa shape index (κ1) is 20.6. The van der Waals surface area contributed by atoms with Crippen molar-refractivity contribution in [1.82, 2.24) is 0 Å². The minimum absolute atomic E-state index is 0.155. The normalized spacial score (nSPS) is 26.2. The molecule has 4 nitrogen and oxygen atoms in total. The number of aliphatic hydroxyl groups is 1. The molecular formula is C23H28NO3S2+. The molecule has 1 atom stereocenters.